The lowest BCUT2D eigenvalue weighted by molar-refractivity contribution is -0.134. The molecule has 2 atom stereocenters. The van der Waals surface area contributed by atoms with Crippen LogP contribution in [-0.2, 0) is 9.53 Å². The van der Waals surface area contributed by atoms with E-state index < -0.39 is 12.1 Å². The van der Waals surface area contributed by atoms with Crippen LogP contribution in [0.5, 0.6) is 0 Å². The highest BCUT2D eigenvalue weighted by Crippen LogP contribution is 2.34. The van der Waals surface area contributed by atoms with Gasteiger partial charge in [0.25, 0.3) is 5.91 Å². The first-order valence-electron chi connectivity index (χ1n) is 11.7. The van der Waals surface area contributed by atoms with Gasteiger partial charge in [-0.05, 0) is 37.0 Å². The first-order valence-corrected chi connectivity index (χ1v) is 11.7. The Morgan fingerprint density at radius 3 is 2.63 bits per heavy atom. The summed E-state index contributed by atoms with van der Waals surface area (Å²) in [5, 5.41) is 2.69. The summed E-state index contributed by atoms with van der Waals surface area (Å²) in [6, 6.07) is 18.4. The summed E-state index contributed by atoms with van der Waals surface area (Å²) >= 11 is 0. The van der Waals surface area contributed by atoms with Crippen molar-refractivity contribution < 1.29 is 14.3 Å². The van der Waals surface area contributed by atoms with Crippen molar-refractivity contribution in [1.29, 1.82) is 0 Å². The minimum Gasteiger partial charge on any atom is -0.453 e. The van der Waals surface area contributed by atoms with Gasteiger partial charge in [-0.15, -0.1) is 0 Å². The number of ether oxygens (including phenoxy) is 1. The molecule has 0 aliphatic carbocycles. The maximum absolute atomic E-state index is 13.7. The average molecular weight is 470 g/mol. The number of nitrogens with one attached hydrogen (secondary N) is 2. The fourth-order valence-electron chi connectivity index (χ4n) is 4.57. The van der Waals surface area contributed by atoms with Crippen LogP contribution in [0.2, 0.25) is 0 Å². The number of carbonyl (C=O) groups excluding carboxylic acids is 2. The van der Waals surface area contributed by atoms with E-state index in [0.29, 0.717) is 23.6 Å². The fraction of sp³-hybridized carbons (Fsp3) is 0.259. The number of aromatic nitrogens is 3. The van der Waals surface area contributed by atoms with Gasteiger partial charge in [-0.3, -0.25) is 4.79 Å². The monoisotopic (exact) mass is 469 g/mol. The van der Waals surface area contributed by atoms with E-state index in [9.17, 15) is 9.59 Å². The molecule has 1 aliphatic rings. The molecule has 1 fully saturated rings. The number of H-pyrrole nitrogens is 1. The van der Waals surface area contributed by atoms with Crippen molar-refractivity contribution in [3.05, 3.63) is 83.8 Å². The number of aryl methyl sites for hydroxylation is 1. The molecule has 8 heteroatoms. The quantitative estimate of drug-likeness (QED) is 0.442. The smallest absolute Gasteiger partial charge is 0.407 e. The Labute approximate surface area is 203 Å². The largest absolute Gasteiger partial charge is 0.453 e. The van der Waals surface area contributed by atoms with Gasteiger partial charge in [-0.25, -0.2) is 14.8 Å². The number of methoxy groups -OCH3 is 1. The molecule has 1 aliphatic heterocycles. The summed E-state index contributed by atoms with van der Waals surface area (Å²) < 4.78 is 4.77. The molecule has 3 heterocycles. The highest BCUT2D eigenvalue weighted by molar-refractivity contribution is 5.87. The van der Waals surface area contributed by atoms with E-state index in [2.05, 4.69) is 46.5 Å². The van der Waals surface area contributed by atoms with Crippen molar-refractivity contribution in [2.24, 2.45) is 0 Å². The molecule has 0 radical (unpaired) electrons. The number of pyridine rings is 1. The third-order valence-electron chi connectivity index (χ3n) is 6.42. The number of hydrogen-bond donors (Lipinski definition) is 2. The Bertz CT molecular complexity index is 1350. The van der Waals surface area contributed by atoms with E-state index in [4.69, 9.17) is 9.72 Å². The molecule has 35 heavy (non-hydrogen) atoms. The molecule has 0 spiro atoms. The number of fused-ring (bicyclic) bond motifs is 1. The van der Waals surface area contributed by atoms with Crippen molar-refractivity contribution in [2.75, 3.05) is 13.7 Å². The second kappa shape index (κ2) is 9.58. The van der Waals surface area contributed by atoms with Crippen LogP contribution in [0, 0.1) is 6.92 Å². The Balaban J connectivity index is 1.44. The third kappa shape index (κ3) is 4.59. The molecule has 4 aromatic rings. The van der Waals surface area contributed by atoms with Gasteiger partial charge in [0.05, 0.1) is 18.7 Å². The summed E-state index contributed by atoms with van der Waals surface area (Å²) in [6.07, 6.45) is 2.78. The molecule has 0 bridgehead atoms. The van der Waals surface area contributed by atoms with E-state index >= 15 is 0 Å². The molecule has 2 aromatic carbocycles. The first-order chi connectivity index (χ1) is 17.0. The molecule has 2 amide bonds. The van der Waals surface area contributed by atoms with Gasteiger partial charge in [0, 0.05) is 18.3 Å². The van der Waals surface area contributed by atoms with Crippen LogP contribution in [0.15, 0.2) is 66.9 Å². The molecule has 5 rings (SSSR count). The van der Waals surface area contributed by atoms with Crippen LogP contribution in [0.4, 0.5) is 4.79 Å². The number of hydrogen-bond acceptors (Lipinski definition) is 5. The lowest BCUT2D eigenvalue weighted by atomic mass is 10.1. The minimum atomic E-state index is -0.847. The predicted molar refractivity (Wildman–Crippen MR) is 132 cm³/mol. The molecule has 8 nitrogen and oxygen atoms in total. The second-order valence-corrected chi connectivity index (χ2v) is 8.75. The van der Waals surface area contributed by atoms with Crippen molar-refractivity contribution in [2.45, 2.75) is 31.8 Å². The van der Waals surface area contributed by atoms with Crippen LogP contribution in [-0.4, -0.2) is 45.5 Å². The van der Waals surface area contributed by atoms with Gasteiger partial charge in [-0.2, -0.15) is 0 Å². The van der Waals surface area contributed by atoms with Crippen molar-refractivity contribution in [1.82, 2.24) is 25.2 Å². The van der Waals surface area contributed by atoms with Gasteiger partial charge in [0.2, 0.25) is 0 Å². The van der Waals surface area contributed by atoms with E-state index in [0.717, 1.165) is 29.5 Å². The highest BCUT2D eigenvalue weighted by Gasteiger charge is 2.37. The maximum Gasteiger partial charge on any atom is 0.407 e. The predicted octanol–water partition coefficient (Wildman–Crippen LogP) is 4.69. The van der Waals surface area contributed by atoms with Crippen LogP contribution in [0.1, 0.15) is 41.9 Å². The van der Waals surface area contributed by atoms with Crippen molar-refractivity contribution >= 4 is 23.2 Å². The molecule has 1 saturated heterocycles. The zero-order valence-electron chi connectivity index (χ0n) is 19.7. The van der Waals surface area contributed by atoms with Gasteiger partial charge in [0.15, 0.2) is 5.65 Å². The van der Waals surface area contributed by atoms with Crippen LogP contribution < -0.4 is 5.32 Å². The Hall–Kier alpha value is -4.20. The Morgan fingerprint density at radius 2 is 1.89 bits per heavy atom. The lowest BCUT2D eigenvalue weighted by Gasteiger charge is -2.28. The standard InChI is InChI=1S/C27H27N5O3/c1-17-10-12-18(13-11-17)20-15-21-24(28-16-20)31-25(29-21)22-9-6-14-32(22)26(33)23(30-27(34)35-2)19-7-4-3-5-8-19/h3-5,7-8,10-13,15-16,22-23H,6,9,14H2,1-2H3,(H,30,34)(H,28,29,31)/t22-,23+/m0/s1. The maximum atomic E-state index is 13.7. The van der Waals surface area contributed by atoms with Crippen molar-refractivity contribution in [3.8, 4) is 11.1 Å². The van der Waals surface area contributed by atoms with Gasteiger partial charge < -0.3 is 19.9 Å². The number of amides is 2. The van der Waals surface area contributed by atoms with E-state index in [1.807, 2.05) is 42.6 Å². The first kappa shape index (κ1) is 22.6. The number of imidazole rings is 1. The molecule has 178 valence electrons. The van der Waals surface area contributed by atoms with Crippen molar-refractivity contribution in [3.63, 3.8) is 0 Å². The number of benzene rings is 2. The molecule has 2 N–H and O–H groups in total. The molecule has 2 aromatic heterocycles. The van der Waals surface area contributed by atoms with E-state index in [-0.39, 0.29) is 11.9 Å². The number of nitrogens with zero attached hydrogens (tertiary/aromatic N) is 3. The topological polar surface area (TPSA) is 100 Å². The number of carbonyl (C=O) groups is 2. The van der Waals surface area contributed by atoms with Gasteiger partial charge >= 0.3 is 6.09 Å². The van der Waals surface area contributed by atoms with Gasteiger partial charge in [0.1, 0.15) is 11.9 Å². The second-order valence-electron chi connectivity index (χ2n) is 8.75. The molecular formula is C27H27N5O3. The van der Waals surface area contributed by atoms with E-state index in [1.54, 1.807) is 4.90 Å². The minimum absolute atomic E-state index is 0.196. The van der Waals surface area contributed by atoms with E-state index in [1.165, 1.54) is 12.7 Å². The number of rotatable bonds is 5. The Morgan fingerprint density at radius 1 is 1.11 bits per heavy atom. The SMILES string of the molecule is COC(=O)N[C@@H](C(=O)N1CCC[C@H]1c1nc2ncc(-c3ccc(C)cc3)cc2[nH]1)c1ccccc1. The summed E-state index contributed by atoms with van der Waals surface area (Å²) in [6.45, 7) is 2.64. The molecule has 0 unspecified atom stereocenters. The zero-order chi connectivity index (χ0) is 24.4. The Kier molecular flexibility index (Phi) is 6.18. The number of aromatic amines is 1. The number of likely N-dealkylation sites (tertiary alicyclic amines) is 1. The highest BCUT2D eigenvalue weighted by atomic mass is 16.5. The third-order valence-corrected chi connectivity index (χ3v) is 6.42. The lowest BCUT2D eigenvalue weighted by Crippen LogP contribution is -2.42. The normalized spacial score (nSPS) is 16.3. The zero-order valence-corrected chi connectivity index (χ0v) is 19.7. The average Bonchev–Trinajstić information content (AvgIpc) is 3.54. The summed E-state index contributed by atoms with van der Waals surface area (Å²) in [7, 11) is 1.28. The van der Waals surface area contributed by atoms with Gasteiger partial charge in [-0.1, -0.05) is 60.2 Å². The van der Waals surface area contributed by atoms with Crippen LogP contribution in [0.3, 0.4) is 0 Å². The molecular weight excluding hydrogens is 442 g/mol. The molecule has 0 saturated carbocycles. The summed E-state index contributed by atoms with van der Waals surface area (Å²) in [5.74, 6) is 0.502. The number of alkyl carbamates (subject to hydrolysis) is 1. The van der Waals surface area contributed by atoms with Crippen LogP contribution in [0.25, 0.3) is 22.3 Å². The fourth-order valence-corrected chi connectivity index (χ4v) is 4.57. The summed E-state index contributed by atoms with van der Waals surface area (Å²) in [5.41, 5.74) is 5.42. The van der Waals surface area contributed by atoms with Crippen LogP contribution >= 0.6 is 0 Å². The summed E-state index contributed by atoms with van der Waals surface area (Å²) in [4.78, 5) is 40.1.